The second-order valence-corrected chi connectivity index (χ2v) is 5.11. The molecule has 4 heteroatoms. The molecule has 0 bridgehead atoms. The van der Waals surface area contributed by atoms with E-state index in [4.69, 9.17) is 4.74 Å². The van der Waals surface area contributed by atoms with E-state index >= 15 is 0 Å². The lowest BCUT2D eigenvalue weighted by Gasteiger charge is -2.22. The Labute approximate surface area is 111 Å². The van der Waals surface area contributed by atoms with Crippen LogP contribution in [0.4, 0.5) is 4.39 Å². The van der Waals surface area contributed by atoms with Gasteiger partial charge in [-0.1, -0.05) is 41.6 Å². The van der Waals surface area contributed by atoms with Gasteiger partial charge in [0.1, 0.15) is 5.75 Å². The fraction of sp³-hybridized carbons (Fsp3) is 0.571. The van der Waals surface area contributed by atoms with Gasteiger partial charge in [0.2, 0.25) is 6.10 Å². The smallest absolute Gasteiger partial charge is 0.249 e. The number of aliphatic hydroxyl groups excluding tert-OH is 1. The summed E-state index contributed by atoms with van der Waals surface area (Å²) in [6.07, 6.45) is -0.0732. The van der Waals surface area contributed by atoms with Crippen molar-refractivity contribution in [3.05, 3.63) is 29.3 Å². The van der Waals surface area contributed by atoms with Crippen LogP contribution in [0.3, 0.4) is 0 Å². The van der Waals surface area contributed by atoms with Crippen molar-refractivity contribution in [3.8, 4) is 5.75 Å². The lowest BCUT2D eigenvalue weighted by atomic mass is 9.89. The Kier molecular flexibility index (Phi) is 6.04. The van der Waals surface area contributed by atoms with Gasteiger partial charge in [-0.05, 0) is 30.5 Å². The van der Waals surface area contributed by atoms with E-state index in [1.807, 2.05) is 42.1 Å². The molecular formula is C14H22FO2P. The molecule has 0 aliphatic heterocycles. The molecule has 0 saturated heterocycles. The van der Waals surface area contributed by atoms with Crippen molar-refractivity contribution in [2.45, 2.75) is 51.7 Å². The van der Waals surface area contributed by atoms with E-state index in [0.717, 1.165) is 24.0 Å². The lowest BCUT2D eigenvalue weighted by molar-refractivity contribution is 0.137. The molecule has 4 unspecified atom stereocenters. The van der Waals surface area contributed by atoms with Crippen LogP contribution in [0, 0.1) is 6.92 Å². The number of ether oxygens (including phenoxy) is 1. The van der Waals surface area contributed by atoms with Crippen LogP contribution < -0.4 is 4.74 Å². The minimum atomic E-state index is -1.41. The highest BCUT2D eigenvalue weighted by Crippen LogP contribution is 2.31. The molecule has 0 spiro atoms. The Morgan fingerprint density at radius 1 is 1.44 bits per heavy atom. The molecule has 1 aromatic rings. The average molecular weight is 272 g/mol. The van der Waals surface area contributed by atoms with Gasteiger partial charge in [0.25, 0.3) is 0 Å². The first kappa shape index (κ1) is 15.4. The molecule has 1 N–H and O–H groups in total. The fourth-order valence-corrected chi connectivity index (χ4v) is 2.27. The van der Waals surface area contributed by atoms with Crippen molar-refractivity contribution in [2.75, 3.05) is 0 Å². The zero-order valence-corrected chi connectivity index (χ0v) is 12.3. The normalized spacial score (nSPS) is 16.1. The van der Waals surface area contributed by atoms with E-state index in [-0.39, 0.29) is 12.0 Å². The molecule has 4 atom stereocenters. The third kappa shape index (κ3) is 3.93. The zero-order chi connectivity index (χ0) is 13.7. The van der Waals surface area contributed by atoms with Crippen molar-refractivity contribution < 1.29 is 14.2 Å². The van der Waals surface area contributed by atoms with Crippen LogP contribution in [0.2, 0.25) is 0 Å². The summed E-state index contributed by atoms with van der Waals surface area (Å²) in [5, 5.41) is 10.0. The molecule has 1 rings (SSSR count). The van der Waals surface area contributed by atoms with Gasteiger partial charge < -0.3 is 9.84 Å². The summed E-state index contributed by atoms with van der Waals surface area (Å²) >= 11 is 0. The van der Waals surface area contributed by atoms with Crippen LogP contribution >= 0.6 is 9.24 Å². The molecule has 0 heterocycles. The van der Waals surface area contributed by atoms with Crippen molar-refractivity contribution in [2.24, 2.45) is 0 Å². The number of aliphatic hydroxyl groups is 1. The maximum absolute atomic E-state index is 12.9. The summed E-state index contributed by atoms with van der Waals surface area (Å²) in [5.41, 5.74) is 1.91. The number of halogens is 1. The van der Waals surface area contributed by atoms with Crippen LogP contribution in [0.25, 0.3) is 0 Å². The third-order valence-electron chi connectivity index (χ3n) is 3.22. The van der Waals surface area contributed by atoms with E-state index in [1.165, 1.54) is 0 Å². The van der Waals surface area contributed by atoms with E-state index in [2.05, 4.69) is 0 Å². The number of alkyl halides is 1. The first-order chi connectivity index (χ1) is 8.47. The van der Waals surface area contributed by atoms with E-state index in [9.17, 15) is 9.50 Å². The molecule has 0 amide bonds. The first-order valence-electron chi connectivity index (χ1n) is 6.31. The SMILES string of the molecule is CCCC(O)C(C)c1cccc(OC(F)P)c1C. The Hall–Kier alpha value is -0.660. The van der Waals surface area contributed by atoms with Gasteiger partial charge in [0.15, 0.2) is 0 Å². The summed E-state index contributed by atoms with van der Waals surface area (Å²) in [5.74, 6) is 0.557. The Bertz CT molecular complexity index is 382. The second kappa shape index (κ2) is 7.06. The maximum atomic E-state index is 12.9. The molecule has 0 radical (unpaired) electrons. The molecule has 0 aliphatic rings. The summed E-state index contributed by atoms with van der Waals surface area (Å²) in [6, 6.07) is 5.54. The van der Waals surface area contributed by atoms with Crippen LogP contribution in [-0.2, 0) is 0 Å². The molecule has 0 saturated carbocycles. The highest BCUT2D eigenvalue weighted by molar-refractivity contribution is 7.16. The Morgan fingerprint density at radius 2 is 2.11 bits per heavy atom. The number of benzene rings is 1. The van der Waals surface area contributed by atoms with Gasteiger partial charge in [-0.15, -0.1) is 0 Å². The molecule has 0 aliphatic carbocycles. The van der Waals surface area contributed by atoms with E-state index in [1.54, 1.807) is 6.07 Å². The predicted molar refractivity (Wildman–Crippen MR) is 75.7 cm³/mol. The maximum Gasteiger partial charge on any atom is 0.249 e. The van der Waals surface area contributed by atoms with Gasteiger partial charge >= 0.3 is 0 Å². The van der Waals surface area contributed by atoms with Gasteiger partial charge in [0.05, 0.1) is 6.10 Å². The van der Waals surface area contributed by atoms with Crippen LogP contribution in [0.15, 0.2) is 18.2 Å². The predicted octanol–water partition coefficient (Wildman–Crippen LogP) is 3.77. The van der Waals surface area contributed by atoms with Gasteiger partial charge in [-0.2, -0.15) is 4.39 Å². The highest BCUT2D eigenvalue weighted by Gasteiger charge is 2.19. The van der Waals surface area contributed by atoms with Crippen molar-refractivity contribution in [3.63, 3.8) is 0 Å². The van der Waals surface area contributed by atoms with Gasteiger partial charge in [-0.25, -0.2) is 0 Å². The summed E-state index contributed by atoms with van der Waals surface area (Å²) in [7, 11) is 1.97. The minimum Gasteiger partial charge on any atom is -0.457 e. The summed E-state index contributed by atoms with van der Waals surface area (Å²) in [6.45, 7) is 5.93. The monoisotopic (exact) mass is 272 g/mol. The molecule has 0 aromatic heterocycles. The topological polar surface area (TPSA) is 29.5 Å². The summed E-state index contributed by atoms with van der Waals surface area (Å²) in [4.78, 5) is 0. The van der Waals surface area contributed by atoms with Crippen molar-refractivity contribution in [1.29, 1.82) is 0 Å². The van der Waals surface area contributed by atoms with Crippen LogP contribution in [0.1, 0.15) is 43.7 Å². The van der Waals surface area contributed by atoms with E-state index < -0.39 is 6.10 Å². The number of hydrogen-bond acceptors (Lipinski definition) is 2. The molecule has 102 valence electrons. The lowest BCUT2D eigenvalue weighted by Crippen LogP contribution is -2.16. The van der Waals surface area contributed by atoms with Crippen molar-refractivity contribution >= 4 is 9.24 Å². The number of rotatable bonds is 6. The average Bonchev–Trinajstić information content (AvgIpc) is 2.31. The Morgan fingerprint density at radius 3 is 2.67 bits per heavy atom. The van der Waals surface area contributed by atoms with E-state index in [0.29, 0.717) is 5.75 Å². The first-order valence-corrected chi connectivity index (χ1v) is 6.97. The quantitative estimate of drug-likeness (QED) is 0.799. The standard InChI is InChI=1S/C14H22FO2P/c1-4-6-12(16)9(2)11-7-5-8-13(10(11)3)17-14(15)18/h5,7-9,12,14,16H,4,6,18H2,1-3H3. The third-order valence-corrected chi connectivity index (χ3v) is 3.35. The van der Waals surface area contributed by atoms with Gasteiger partial charge in [0, 0.05) is 5.92 Å². The van der Waals surface area contributed by atoms with Crippen LogP contribution in [-0.4, -0.2) is 17.3 Å². The molecule has 18 heavy (non-hydrogen) atoms. The molecule has 0 fully saturated rings. The largest absolute Gasteiger partial charge is 0.457 e. The number of hydrogen-bond donors (Lipinski definition) is 1. The van der Waals surface area contributed by atoms with Gasteiger partial charge in [-0.3, -0.25) is 0 Å². The fourth-order valence-electron chi connectivity index (χ4n) is 2.13. The zero-order valence-electron chi connectivity index (χ0n) is 11.2. The highest BCUT2D eigenvalue weighted by atomic mass is 31.0. The molecule has 2 nitrogen and oxygen atoms in total. The Balaban J connectivity index is 2.95. The molecular weight excluding hydrogens is 250 g/mol. The summed E-state index contributed by atoms with van der Waals surface area (Å²) < 4.78 is 18.0. The minimum absolute atomic E-state index is 0.0241. The second-order valence-electron chi connectivity index (χ2n) is 4.58. The van der Waals surface area contributed by atoms with Crippen molar-refractivity contribution in [1.82, 2.24) is 0 Å². The van der Waals surface area contributed by atoms with Crippen LogP contribution in [0.5, 0.6) is 5.75 Å². The molecule has 1 aromatic carbocycles.